The standard InChI is InChI=1S/C13H18BN/c14-15-11-6-7-13-10(8-11)2-1-3-12(13)9-4-5-9/h1-3,9,11,15H,4-8,14H2/t11-/m0/s1. The molecule has 0 amide bonds. The molecule has 0 bridgehead atoms. The molecule has 3 rings (SSSR count). The van der Waals surface area contributed by atoms with E-state index in [1.807, 2.05) is 0 Å². The zero-order chi connectivity index (χ0) is 10.3. The van der Waals surface area contributed by atoms with E-state index in [0.29, 0.717) is 6.04 Å². The third kappa shape index (κ3) is 1.72. The van der Waals surface area contributed by atoms with Crippen LogP contribution in [0.3, 0.4) is 0 Å². The van der Waals surface area contributed by atoms with E-state index in [9.17, 15) is 0 Å². The van der Waals surface area contributed by atoms with Crippen molar-refractivity contribution in [2.75, 3.05) is 0 Å². The average Bonchev–Trinajstić information content (AvgIpc) is 3.11. The lowest BCUT2D eigenvalue weighted by molar-refractivity contribution is 0.538. The van der Waals surface area contributed by atoms with Gasteiger partial charge in [0.05, 0.1) is 0 Å². The second-order valence-electron chi connectivity index (χ2n) is 4.99. The van der Waals surface area contributed by atoms with Crippen molar-refractivity contribution in [2.45, 2.75) is 44.1 Å². The predicted molar refractivity (Wildman–Crippen MR) is 65.9 cm³/mol. The van der Waals surface area contributed by atoms with Crippen LogP contribution in [0, 0.1) is 0 Å². The van der Waals surface area contributed by atoms with Gasteiger partial charge in [-0.25, -0.2) is 0 Å². The molecule has 78 valence electrons. The Morgan fingerprint density at radius 3 is 2.80 bits per heavy atom. The summed E-state index contributed by atoms with van der Waals surface area (Å²) in [6.45, 7) is 0. The molecule has 2 aliphatic carbocycles. The first kappa shape index (κ1) is 9.47. The molecule has 2 aliphatic rings. The molecule has 1 aromatic rings. The van der Waals surface area contributed by atoms with Gasteiger partial charge in [0.15, 0.2) is 7.98 Å². The molecule has 1 atom stereocenters. The number of benzene rings is 1. The van der Waals surface area contributed by atoms with Gasteiger partial charge in [-0.2, -0.15) is 0 Å². The zero-order valence-corrected chi connectivity index (χ0v) is 9.42. The Bertz CT molecular complexity index is 371. The Balaban J connectivity index is 1.94. The highest BCUT2D eigenvalue weighted by Crippen LogP contribution is 2.43. The molecule has 15 heavy (non-hydrogen) atoms. The van der Waals surface area contributed by atoms with Crippen molar-refractivity contribution in [2.24, 2.45) is 0 Å². The first-order valence-corrected chi connectivity index (χ1v) is 6.16. The van der Waals surface area contributed by atoms with Crippen molar-refractivity contribution in [1.29, 1.82) is 0 Å². The van der Waals surface area contributed by atoms with Gasteiger partial charge in [0.25, 0.3) is 0 Å². The molecule has 0 unspecified atom stereocenters. The Hall–Kier alpha value is -0.755. The van der Waals surface area contributed by atoms with Crippen LogP contribution in [0.25, 0.3) is 0 Å². The van der Waals surface area contributed by atoms with Crippen LogP contribution >= 0.6 is 0 Å². The summed E-state index contributed by atoms with van der Waals surface area (Å²) in [6, 6.07) is 7.64. The fourth-order valence-electron chi connectivity index (χ4n) is 2.86. The van der Waals surface area contributed by atoms with E-state index in [-0.39, 0.29) is 0 Å². The summed E-state index contributed by atoms with van der Waals surface area (Å²) in [4.78, 5) is 0. The van der Waals surface area contributed by atoms with Gasteiger partial charge in [-0.05, 0) is 54.7 Å². The molecule has 1 N–H and O–H groups in total. The molecule has 1 saturated carbocycles. The minimum Gasteiger partial charge on any atom is -0.359 e. The molecule has 0 heterocycles. The van der Waals surface area contributed by atoms with Gasteiger partial charge in [0, 0.05) is 6.04 Å². The predicted octanol–water partition coefficient (Wildman–Crippen LogP) is 1.56. The molecule has 2 heteroatoms. The SMILES string of the molecule is BN[C@H]1CCc2c(cccc2C2CC2)C1. The van der Waals surface area contributed by atoms with Crippen LogP contribution in [0.1, 0.15) is 41.9 Å². The molecular weight excluding hydrogens is 181 g/mol. The molecule has 0 aliphatic heterocycles. The average molecular weight is 199 g/mol. The number of hydrogen-bond donors (Lipinski definition) is 1. The van der Waals surface area contributed by atoms with E-state index in [1.54, 1.807) is 16.7 Å². The number of rotatable bonds is 2. The lowest BCUT2D eigenvalue weighted by atomic mass is 9.84. The van der Waals surface area contributed by atoms with Crippen LogP contribution in [0.5, 0.6) is 0 Å². The first-order chi connectivity index (χ1) is 7.38. The maximum Gasteiger partial charge on any atom is 0.182 e. The Kier molecular flexibility index (Phi) is 2.32. The summed E-state index contributed by atoms with van der Waals surface area (Å²) in [5.74, 6) is 0.908. The van der Waals surface area contributed by atoms with Crippen molar-refractivity contribution in [3.05, 3.63) is 34.9 Å². The van der Waals surface area contributed by atoms with E-state index in [2.05, 4.69) is 31.4 Å². The molecule has 1 aromatic carbocycles. The summed E-state index contributed by atoms with van der Waals surface area (Å²) >= 11 is 0. The highest BCUT2D eigenvalue weighted by Gasteiger charge is 2.28. The van der Waals surface area contributed by atoms with Gasteiger partial charge in [-0.3, -0.25) is 0 Å². The Morgan fingerprint density at radius 1 is 1.20 bits per heavy atom. The third-order valence-electron chi connectivity index (χ3n) is 3.94. The van der Waals surface area contributed by atoms with Crippen molar-refractivity contribution < 1.29 is 0 Å². The maximum atomic E-state index is 3.41. The highest BCUT2D eigenvalue weighted by atomic mass is 14.8. The van der Waals surface area contributed by atoms with Crippen LogP contribution in [0.4, 0.5) is 0 Å². The topological polar surface area (TPSA) is 12.0 Å². The fourth-order valence-corrected chi connectivity index (χ4v) is 2.86. The van der Waals surface area contributed by atoms with Gasteiger partial charge in [0.1, 0.15) is 0 Å². The fraction of sp³-hybridized carbons (Fsp3) is 0.538. The van der Waals surface area contributed by atoms with E-state index in [4.69, 9.17) is 0 Å². The maximum absolute atomic E-state index is 3.41. The second-order valence-corrected chi connectivity index (χ2v) is 4.99. The summed E-state index contributed by atoms with van der Waals surface area (Å²) < 4.78 is 0. The van der Waals surface area contributed by atoms with Crippen LogP contribution in [0.15, 0.2) is 18.2 Å². The van der Waals surface area contributed by atoms with E-state index < -0.39 is 0 Å². The monoisotopic (exact) mass is 199 g/mol. The van der Waals surface area contributed by atoms with E-state index in [1.165, 1.54) is 32.1 Å². The summed E-state index contributed by atoms with van der Waals surface area (Å²) in [5.41, 5.74) is 4.96. The van der Waals surface area contributed by atoms with E-state index in [0.717, 1.165) is 5.92 Å². The van der Waals surface area contributed by atoms with Crippen molar-refractivity contribution in [3.63, 3.8) is 0 Å². The Morgan fingerprint density at radius 2 is 2.07 bits per heavy atom. The van der Waals surface area contributed by atoms with Gasteiger partial charge >= 0.3 is 0 Å². The van der Waals surface area contributed by atoms with Gasteiger partial charge in [0.2, 0.25) is 0 Å². The van der Waals surface area contributed by atoms with Crippen LogP contribution in [-0.2, 0) is 12.8 Å². The van der Waals surface area contributed by atoms with Gasteiger partial charge < -0.3 is 5.23 Å². The zero-order valence-electron chi connectivity index (χ0n) is 9.42. The minimum absolute atomic E-state index is 0.701. The van der Waals surface area contributed by atoms with Crippen molar-refractivity contribution in [3.8, 4) is 0 Å². The molecule has 0 radical (unpaired) electrons. The lowest BCUT2D eigenvalue weighted by Crippen LogP contribution is -2.32. The molecule has 0 aromatic heterocycles. The number of fused-ring (bicyclic) bond motifs is 1. The lowest BCUT2D eigenvalue weighted by Gasteiger charge is -2.26. The minimum atomic E-state index is 0.701. The number of hydrogen-bond acceptors (Lipinski definition) is 1. The van der Waals surface area contributed by atoms with Crippen LogP contribution in [0.2, 0.25) is 0 Å². The molecule has 1 fully saturated rings. The summed E-state index contributed by atoms with van der Waals surface area (Å²) in [6.07, 6.45) is 6.67. The largest absolute Gasteiger partial charge is 0.359 e. The van der Waals surface area contributed by atoms with Crippen LogP contribution < -0.4 is 5.23 Å². The molecular formula is C13H18BN. The summed E-state index contributed by atoms with van der Waals surface area (Å²) in [5, 5.41) is 3.41. The quantitative estimate of drug-likeness (QED) is 0.712. The smallest absolute Gasteiger partial charge is 0.182 e. The molecule has 1 nitrogen and oxygen atoms in total. The molecule has 0 spiro atoms. The van der Waals surface area contributed by atoms with Crippen molar-refractivity contribution >= 4 is 7.98 Å². The van der Waals surface area contributed by atoms with Gasteiger partial charge in [-0.15, -0.1) is 0 Å². The Labute approximate surface area is 92.7 Å². The van der Waals surface area contributed by atoms with Crippen LogP contribution in [-0.4, -0.2) is 14.0 Å². The summed E-state index contributed by atoms with van der Waals surface area (Å²) in [7, 11) is 2.08. The third-order valence-corrected chi connectivity index (χ3v) is 3.94. The van der Waals surface area contributed by atoms with Crippen molar-refractivity contribution in [1.82, 2.24) is 5.23 Å². The highest BCUT2D eigenvalue weighted by molar-refractivity contribution is 6.04. The first-order valence-electron chi connectivity index (χ1n) is 6.16. The van der Waals surface area contributed by atoms with Gasteiger partial charge in [-0.1, -0.05) is 18.2 Å². The normalized spacial score (nSPS) is 24.9. The second kappa shape index (κ2) is 3.68. The molecule has 0 saturated heterocycles. The van der Waals surface area contributed by atoms with E-state index >= 15 is 0 Å². The number of nitrogens with one attached hydrogen (secondary N) is 1.